The lowest BCUT2D eigenvalue weighted by Gasteiger charge is -2.03. The van der Waals surface area contributed by atoms with Gasteiger partial charge in [-0.1, -0.05) is 18.2 Å². The highest BCUT2D eigenvalue weighted by Crippen LogP contribution is 2.32. The Bertz CT molecular complexity index is 514. The average molecular weight is 242 g/mol. The van der Waals surface area contributed by atoms with E-state index in [2.05, 4.69) is 10.3 Å². The van der Waals surface area contributed by atoms with Crippen molar-refractivity contribution >= 4 is 10.9 Å². The normalized spacial score (nSPS) is 12.2. The van der Waals surface area contributed by atoms with E-state index in [-0.39, 0.29) is 0 Å². The van der Waals surface area contributed by atoms with E-state index >= 15 is 0 Å². The Morgan fingerprint density at radius 3 is 2.71 bits per heavy atom. The van der Waals surface area contributed by atoms with E-state index in [1.54, 1.807) is 12.1 Å². The molecule has 2 rings (SSSR count). The van der Waals surface area contributed by atoms with Crippen LogP contribution in [-0.4, -0.2) is 18.6 Å². The summed E-state index contributed by atoms with van der Waals surface area (Å²) in [5, 5.41) is 3.58. The van der Waals surface area contributed by atoms with Crippen molar-refractivity contribution in [2.45, 2.75) is 12.6 Å². The predicted octanol–water partition coefficient (Wildman–Crippen LogP) is 2.95. The molecule has 0 unspecified atom stereocenters. The van der Waals surface area contributed by atoms with Gasteiger partial charge in [-0.15, -0.1) is 0 Å². The van der Waals surface area contributed by atoms with Crippen molar-refractivity contribution < 1.29 is 13.2 Å². The molecule has 0 bridgehead atoms. The smallest absolute Gasteiger partial charge is 0.351 e. The van der Waals surface area contributed by atoms with Crippen LogP contribution in [0.5, 0.6) is 0 Å². The van der Waals surface area contributed by atoms with Gasteiger partial charge in [0.2, 0.25) is 0 Å². The van der Waals surface area contributed by atoms with E-state index in [1.807, 2.05) is 13.1 Å². The molecule has 0 radical (unpaired) electrons. The molecule has 2 N–H and O–H groups in total. The van der Waals surface area contributed by atoms with Crippen LogP contribution < -0.4 is 5.32 Å². The molecule has 0 fully saturated rings. The zero-order valence-electron chi connectivity index (χ0n) is 9.36. The summed E-state index contributed by atoms with van der Waals surface area (Å²) in [7, 11) is 1.82. The average Bonchev–Trinajstić information content (AvgIpc) is 2.70. The molecular formula is C12H13F3N2. The van der Waals surface area contributed by atoms with Crippen LogP contribution in [0.15, 0.2) is 24.3 Å². The van der Waals surface area contributed by atoms with E-state index in [4.69, 9.17) is 0 Å². The molecular weight excluding hydrogens is 229 g/mol. The molecule has 0 saturated carbocycles. The Balaban J connectivity index is 2.45. The molecule has 0 aliphatic carbocycles. The summed E-state index contributed by atoms with van der Waals surface area (Å²) in [5.41, 5.74) is 0.784. The second-order valence-electron chi connectivity index (χ2n) is 3.92. The van der Waals surface area contributed by atoms with Gasteiger partial charge in [0.25, 0.3) is 0 Å². The van der Waals surface area contributed by atoms with Crippen LogP contribution in [0.4, 0.5) is 13.2 Å². The monoisotopic (exact) mass is 242 g/mol. The molecule has 0 saturated heterocycles. The number of nitrogens with one attached hydrogen (secondary N) is 2. The van der Waals surface area contributed by atoms with E-state index < -0.39 is 11.9 Å². The van der Waals surface area contributed by atoms with E-state index in [9.17, 15) is 13.2 Å². The molecule has 0 atom stereocenters. The highest BCUT2D eigenvalue weighted by Gasteiger charge is 2.32. The number of aromatic nitrogens is 1. The standard InChI is InChI=1S/C12H13F3N2/c1-16-6-5-8-3-2-4-9-7-10(12(13,14)15)17-11(8)9/h2-4,7,16-17H,5-6H2,1H3. The van der Waals surface area contributed by atoms with Crippen LogP contribution in [0, 0.1) is 0 Å². The predicted molar refractivity (Wildman–Crippen MR) is 60.9 cm³/mol. The summed E-state index contributed by atoms with van der Waals surface area (Å²) in [6.45, 7) is 0.736. The first-order valence-electron chi connectivity index (χ1n) is 5.35. The summed E-state index contributed by atoms with van der Waals surface area (Å²) in [4.78, 5) is 2.46. The number of aromatic amines is 1. The fourth-order valence-electron chi connectivity index (χ4n) is 1.84. The second kappa shape index (κ2) is 4.41. The first-order valence-corrected chi connectivity index (χ1v) is 5.35. The summed E-state index contributed by atoms with van der Waals surface area (Å²) < 4.78 is 37.7. The third-order valence-corrected chi connectivity index (χ3v) is 2.69. The Labute approximate surface area is 96.8 Å². The van der Waals surface area contributed by atoms with Crippen molar-refractivity contribution in [3.05, 3.63) is 35.5 Å². The van der Waals surface area contributed by atoms with Crippen LogP contribution in [0.3, 0.4) is 0 Å². The first-order chi connectivity index (χ1) is 8.02. The van der Waals surface area contributed by atoms with Gasteiger partial charge < -0.3 is 10.3 Å². The molecule has 0 aliphatic rings. The van der Waals surface area contributed by atoms with Crippen LogP contribution >= 0.6 is 0 Å². The van der Waals surface area contributed by atoms with Gasteiger partial charge in [-0.3, -0.25) is 0 Å². The number of alkyl halides is 3. The maximum absolute atomic E-state index is 12.6. The molecule has 2 aromatic rings. The van der Waals surface area contributed by atoms with Gasteiger partial charge in [-0.25, -0.2) is 0 Å². The molecule has 92 valence electrons. The van der Waals surface area contributed by atoms with Crippen molar-refractivity contribution in [2.75, 3.05) is 13.6 Å². The second-order valence-corrected chi connectivity index (χ2v) is 3.92. The lowest BCUT2D eigenvalue weighted by Crippen LogP contribution is -2.10. The quantitative estimate of drug-likeness (QED) is 0.850. The number of halogens is 3. The van der Waals surface area contributed by atoms with Crippen molar-refractivity contribution in [3.63, 3.8) is 0 Å². The molecule has 17 heavy (non-hydrogen) atoms. The molecule has 5 heteroatoms. The van der Waals surface area contributed by atoms with Gasteiger partial charge in [-0.2, -0.15) is 13.2 Å². The van der Waals surface area contributed by atoms with E-state index in [0.717, 1.165) is 18.2 Å². The summed E-state index contributed by atoms with van der Waals surface area (Å²) in [5.74, 6) is 0. The number of fused-ring (bicyclic) bond motifs is 1. The highest BCUT2D eigenvalue weighted by atomic mass is 19.4. The fourth-order valence-corrected chi connectivity index (χ4v) is 1.84. The molecule has 1 aromatic carbocycles. The lowest BCUT2D eigenvalue weighted by atomic mass is 10.1. The number of hydrogen-bond donors (Lipinski definition) is 2. The third-order valence-electron chi connectivity index (χ3n) is 2.69. The Kier molecular flexibility index (Phi) is 3.11. The SMILES string of the molecule is CNCCc1cccc2cc(C(F)(F)F)[nH]c12. The summed E-state index contributed by atoms with van der Waals surface area (Å²) >= 11 is 0. The largest absolute Gasteiger partial charge is 0.431 e. The lowest BCUT2D eigenvalue weighted by molar-refractivity contribution is -0.140. The molecule has 2 nitrogen and oxygen atoms in total. The molecule has 0 amide bonds. The fraction of sp³-hybridized carbons (Fsp3) is 0.333. The van der Waals surface area contributed by atoms with Crippen LogP contribution in [0.2, 0.25) is 0 Å². The number of rotatable bonds is 3. The van der Waals surface area contributed by atoms with E-state index in [0.29, 0.717) is 17.3 Å². The summed E-state index contributed by atoms with van der Waals surface area (Å²) in [6.07, 6.45) is -3.62. The summed E-state index contributed by atoms with van der Waals surface area (Å²) in [6, 6.07) is 6.46. The number of hydrogen-bond acceptors (Lipinski definition) is 1. The van der Waals surface area contributed by atoms with E-state index in [1.165, 1.54) is 0 Å². The van der Waals surface area contributed by atoms with Gasteiger partial charge in [0.15, 0.2) is 0 Å². The Morgan fingerprint density at radius 2 is 2.06 bits per heavy atom. The minimum atomic E-state index is -4.32. The van der Waals surface area contributed by atoms with Crippen molar-refractivity contribution in [3.8, 4) is 0 Å². The molecule has 1 aromatic heterocycles. The van der Waals surface area contributed by atoms with Crippen LogP contribution in [0.1, 0.15) is 11.3 Å². The van der Waals surface area contributed by atoms with Crippen molar-refractivity contribution in [1.29, 1.82) is 0 Å². The van der Waals surface area contributed by atoms with Gasteiger partial charge in [0.1, 0.15) is 5.69 Å². The van der Waals surface area contributed by atoms with Gasteiger partial charge in [0.05, 0.1) is 0 Å². The van der Waals surface area contributed by atoms with Gasteiger partial charge in [-0.05, 0) is 31.6 Å². The molecule has 0 spiro atoms. The van der Waals surface area contributed by atoms with Gasteiger partial charge in [0, 0.05) is 10.9 Å². The minimum Gasteiger partial charge on any atom is -0.351 e. The van der Waals surface area contributed by atoms with Gasteiger partial charge >= 0.3 is 6.18 Å². The van der Waals surface area contributed by atoms with Crippen LogP contribution in [-0.2, 0) is 12.6 Å². The minimum absolute atomic E-state index is 0.579. The Hall–Kier alpha value is -1.49. The van der Waals surface area contributed by atoms with Crippen LogP contribution in [0.25, 0.3) is 10.9 Å². The molecule has 0 aliphatic heterocycles. The first kappa shape index (κ1) is 12.0. The third kappa shape index (κ3) is 2.44. The molecule has 1 heterocycles. The van der Waals surface area contributed by atoms with Crippen molar-refractivity contribution in [2.24, 2.45) is 0 Å². The topological polar surface area (TPSA) is 27.8 Å². The zero-order chi connectivity index (χ0) is 12.5. The Morgan fingerprint density at radius 1 is 1.29 bits per heavy atom. The zero-order valence-corrected chi connectivity index (χ0v) is 9.36. The van der Waals surface area contributed by atoms with Crippen molar-refractivity contribution in [1.82, 2.24) is 10.3 Å². The maximum atomic E-state index is 12.6. The number of benzene rings is 1. The highest BCUT2D eigenvalue weighted by molar-refractivity contribution is 5.83. The number of likely N-dealkylation sites (N-methyl/N-ethyl adjacent to an activating group) is 1. The maximum Gasteiger partial charge on any atom is 0.431 e. The number of H-pyrrole nitrogens is 1. The number of para-hydroxylation sites is 1.